The van der Waals surface area contributed by atoms with Gasteiger partial charge in [0.1, 0.15) is 11.6 Å². The molecule has 216 valence electrons. The standard InChI is InChI=1S/C31H37ClN6O3/c1-19-8-20(11-33-31(19)36-13-21-9-22(14-36)37(21)16-29(39)35-5-2-3-6-35)25-10-23(15-38-30(25)28(32)12-34-38)41-7-4-24-26-17-40-18-27(24)26/h8,10-12,15,21-22,24,26-27H,2-7,9,13-14,16-18H2,1H3. The van der Waals surface area contributed by atoms with E-state index in [2.05, 4.69) is 34.0 Å². The molecule has 10 heteroatoms. The van der Waals surface area contributed by atoms with E-state index in [4.69, 9.17) is 26.1 Å². The average Bonchev–Trinajstić information content (AvgIpc) is 3.49. The molecule has 5 aliphatic heterocycles. The van der Waals surface area contributed by atoms with Gasteiger partial charge in [0, 0.05) is 55.6 Å². The SMILES string of the molecule is Cc1cc(-c2cc(OCCC3C4COCC34)cn3ncc(Cl)c23)cnc1N1CC2CC(C1)N2CC(=O)N1CCCC1. The Bertz CT molecular complexity index is 1470. The molecule has 5 saturated heterocycles. The van der Waals surface area contributed by atoms with Crippen molar-refractivity contribution >= 4 is 28.8 Å². The zero-order valence-electron chi connectivity index (χ0n) is 23.5. The summed E-state index contributed by atoms with van der Waals surface area (Å²) in [6.07, 6.45) is 10.1. The van der Waals surface area contributed by atoms with Crippen LogP contribution in [-0.4, -0.2) is 94.9 Å². The highest BCUT2D eigenvalue weighted by Crippen LogP contribution is 2.52. The first-order chi connectivity index (χ1) is 20.0. The highest BCUT2D eigenvalue weighted by atomic mass is 35.5. The van der Waals surface area contributed by atoms with Gasteiger partial charge in [-0.2, -0.15) is 5.10 Å². The summed E-state index contributed by atoms with van der Waals surface area (Å²) in [7, 11) is 0. The first kappa shape index (κ1) is 25.8. The van der Waals surface area contributed by atoms with Gasteiger partial charge in [0.2, 0.25) is 5.91 Å². The van der Waals surface area contributed by atoms with Crippen molar-refractivity contribution in [3.05, 3.63) is 41.3 Å². The molecule has 6 fully saturated rings. The van der Waals surface area contributed by atoms with Gasteiger partial charge >= 0.3 is 0 Å². The number of likely N-dealkylation sites (tertiary alicyclic amines) is 1. The molecule has 8 heterocycles. The normalized spacial score (nSPS) is 28.7. The molecule has 0 aromatic carbocycles. The number of piperazine rings is 1. The first-order valence-electron chi connectivity index (χ1n) is 15.2. The van der Waals surface area contributed by atoms with Gasteiger partial charge in [0.25, 0.3) is 0 Å². The molecule has 9 rings (SSSR count). The number of ether oxygens (including phenoxy) is 2. The summed E-state index contributed by atoms with van der Waals surface area (Å²) in [5.74, 6) is 4.32. The van der Waals surface area contributed by atoms with Gasteiger partial charge in [-0.15, -0.1) is 0 Å². The number of pyridine rings is 2. The van der Waals surface area contributed by atoms with Crippen molar-refractivity contribution in [2.45, 2.75) is 44.7 Å². The second kappa shape index (κ2) is 10.1. The number of aryl methyl sites for hydroxylation is 1. The maximum absolute atomic E-state index is 12.7. The molecule has 9 nitrogen and oxygen atoms in total. The topological polar surface area (TPSA) is 75.4 Å². The van der Waals surface area contributed by atoms with Gasteiger partial charge < -0.3 is 19.3 Å². The summed E-state index contributed by atoms with van der Waals surface area (Å²) >= 11 is 6.60. The summed E-state index contributed by atoms with van der Waals surface area (Å²) < 4.78 is 13.6. The number of hydrogen-bond donors (Lipinski definition) is 0. The van der Waals surface area contributed by atoms with Crippen molar-refractivity contribution in [3.63, 3.8) is 0 Å². The van der Waals surface area contributed by atoms with Gasteiger partial charge in [0.05, 0.1) is 49.3 Å². The summed E-state index contributed by atoms with van der Waals surface area (Å²) in [5.41, 5.74) is 3.96. The molecular weight excluding hydrogens is 540 g/mol. The fourth-order valence-electron chi connectivity index (χ4n) is 7.85. The Kier molecular flexibility index (Phi) is 6.38. The van der Waals surface area contributed by atoms with Gasteiger partial charge in [-0.25, -0.2) is 9.50 Å². The van der Waals surface area contributed by atoms with Crippen LogP contribution in [0.5, 0.6) is 5.75 Å². The second-order valence-electron chi connectivity index (χ2n) is 12.6. The number of aromatic nitrogens is 3. The fraction of sp³-hybridized carbons (Fsp3) is 0.581. The molecule has 1 aliphatic carbocycles. The van der Waals surface area contributed by atoms with Crippen LogP contribution in [0.15, 0.2) is 30.7 Å². The molecule has 4 unspecified atom stereocenters. The van der Waals surface area contributed by atoms with E-state index < -0.39 is 0 Å². The number of nitrogens with zero attached hydrogens (tertiary/aromatic N) is 6. The number of rotatable bonds is 8. The fourth-order valence-corrected chi connectivity index (χ4v) is 8.08. The molecule has 2 bridgehead atoms. The van der Waals surface area contributed by atoms with Crippen molar-refractivity contribution in [1.29, 1.82) is 0 Å². The lowest BCUT2D eigenvalue weighted by Gasteiger charge is -2.56. The average molecular weight is 577 g/mol. The third kappa shape index (κ3) is 4.57. The van der Waals surface area contributed by atoms with Crippen molar-refractivity contribution in [3.8, 4) is 16.9 Å². The second-order valence-corrected chi connectivity index (χ2v) is 13.0. The maximum Gasteiger partial charge on any atom is 0.236 e. The Morgan fingerprint density at radius 3 is 2.66 bits per heavy atom. The van der Waals surface area contributed by atoms with E-state index in [0.29, 0.717) is 36.2 Å². The van der Waals surface area contributed by atoms with Crippen LogP contribution in [0, 0.1) is 24.7 Å². The van der Waals surface area contributed by atoms with Crippen LogP contribution in [-0.2, 0) is 9.53 Å². The van der Waals surface area contributed by atoms with Crippen LogP contribution in [0.3, 0.4) is 0 Å². The monoisotopic (exact) mass is 576 g/mol. The predicted octanol–water partition coefficient (Wildman–Crippen LogP) is 3.90. The molecule has 0 N–H and O–H groups in total. The zero-order chi connectivity index (χ0) is 27.7. The highest BCUT2D eigenvalue weighted by molar-refractivity contribution is 6.34. The van der Waals surface area contributed by atoms with Gasteiger partial charge in [0.15, 0.2) is 0 Å². The number of anilines is 1. The van der Waals surface area contributed by atoms with Gasteiger partial charge in [-0.05, 0) is 68.1 Å². The number of halogens is 1. The number of piperidine rings is 1. The molecule has 3 aromatic heterocycles. The molecule has 0 spiro atoms. The van der Waals surface area contributed by atoms with Gasteiger partial charge in [-0.1, -0.05) is 11.6 Å². The smallest absolute Gasteiger partial charge is 0.236 e. The number of carbonyl (C=O) groups excluding carboxylic acids is 1. The van der Waals surface area contributed by atoms with E-state index in [-0.39, 0.29) is 0 Å². The molecule has 41 heavy (non-hydrogen) atoms. The number of carbonyl (C=O) groups is 1. The largest absolute Gasteiger partial charge is 0.492 e. The van der Waals surface area contributed by atoms with Crippen molar-refractivity contribution in [2.75, 3.05) is 57.4 Å². The minimum atomic E-state index is 0.296. The lowest BCUT2D eigenvalue weighted by atomic mass is 9.87. The molecular formula is C31H37ClN6O3. The lowest BCUT2D eigenvalue weighted by Crippen LogP contribution is -2.70. The van der Waals surface area contributed by atoms with Crippen LogP contribution in [0.2, 0.25) is 5.02 Å². The molecule has 6 aliphatic rings. The molecule has 3 aromatic rings. The van der Waals surface area contributed by atoms with E-state index in [1.54, 1.807) is 6.20 Å². The van der Waals surface area contributed by atoms with E-state index in [1.807, 2.05) is 21.8 Å². The number of fused-ring (bicyclic) bond motifs is 4. The predicted molar refractivity (Wildman–Crippen MR) is 156 cm³/mol. The first-order valence-corrected chi connectivity index (χ1v) is 15.5. The van der Waals surface area contributed by atoms with E-state index in [0.717, 1.165) is 110 Å². The maximum atomic E-state index is 12.7. The van der Waals surface area contributed by atoms with Crippen molar-refractivity contribution < 1.29 is 14.3 Å². The minimum Gasteiger partial charge on any atom is -0.492 e. The third-order valence-electron chi connectivity index (χ3n) is 10.2. The van der Waals surface area contributed by atoms with E-state index in [9.17, 15) is 4.79 Å². The van der Waals surface area contributed by atoms with E-state index in [1.165, 1.54) is 6.42 Å². The van der Waals surface area contributed by atoms with Crippen LogP contribution in [0.4, 0.5) is 5.82 Å². The van der Waals surface area contributed by atoms with Crippen LogP contribution < -0.4 is 9.64 Å². The van der Waals surface area contributed by atoms with Crippen LogP contribution in [0.1, 0.15) is 31.2 Å². The molecule has 1 amide bonds. The molecule has 0 radical (unpaired) electrons. The highest BCUT2D eigenvalue weighted by Gasteiger charge is 2.53. The van der Waals surface area contributed by atoms with Crippen LogP contribution >= 0.6 is 11.6 Å². The Morgan fingerprint density at radius 2 is 1.90 bits per heavy atom. The Balaban J connectivity index is 0.971. The Morgan fingerprint density at radius 1 is 1.12 bits per heavy atom. The van der Waals surface area contributed by atoms with Gasteiger partial charge in [-0.3, -0.25) is 9.69 Å². The Hall–Kier alpha value is -2.88. The number of hydrogen-bond acceptors (Lipinski definition) is 7. The number of amides is 1. The van der Waals surface area contributed by atoms with E-state index >= 15 is 0 Å². The molecule has 1 saturated carbocycles. The van der Waals surface area contributed by atoms with Crippen LogP contribution in [0.25, 0.3) is 16.6 Å². The minimum absolute atomic E-state index is 0.296. The summed E-state index contributed by atoms with van der Waals surface area (Å²) in [6, 6.07) is 5.11. The summed E-state index contributed by atoms with van der Waals surface area (Å²) in [4.78, 5) is 24.5. The van der Waals surface area contributed by atoms with Crippen molar-refractivity contribution in [1.82, 2.24) is 24.4 Å². The lowest BCUT2D eigenvalue weighted by molar-refractivity contribution is -0.136. The third-order valence-corrected chi connectivity index (χ3v) is 10.5. The van der Waals surface area contributed by atoms with Crippen molar-refractivity contribution in [2.24, 2.45) is 17.8 Å². The summed E-state index contributed by atoms with van der Waals surface area (Å²) in [6.45, 7) is 8.87. The molecule has 4 atom stereocenters. The quantitative estimate of drug-likeness (QED) is 0.402. The zero-order valence-corrected chi connectivity index (χ0v) is 24.3. The Labute approximate surface area is 245 Å². The summed E-state index contributed by atoms with van der Waals surface area (Å²) in [5, 5.41) is 5.08.